The molecule has 0 amide bonds. The summed E-state index contributed by atoms with van der Waals surface area (Å²) in [6.45, 7) is 0.561. The summed E-state index contributed by atoms with van der Waals surface area (Å²) in [5.41, 5.74) is 0.682. The Kier molecular flexibility index (Phi) is 2.58. The Morgan fingerprint density at radius 2 is 2.35 bits per heavy atom. The number of nitrogens with one attached hydrogen (secondary N) is 1. The Balaban J connectivity index is 1.84. The van der Waals surface area contributed by atoms with Gasteiger partial charge in [-0.3, -0.25) is 4.98 Å². The molecule has 88 valence electrons. The fourth-order valence-electron chi connectivity index (χ4n) is 1.88. The Hall–Kier alpha value is -1.79. The van der Waals surface area contributed by atoms with Crippen LogP contribution in [0.15, 0.2) is 28.9 Å². The number of aromatic nitrogens is 3. The molecule has 2 aromatic rings. The van der Waals surface area contributed by atoms with Crippen molar-refractivity contribution in [3.8, 4) is 11.5 Å². The summed E-state index contributed by atoms with van der Waals surface area (Å²) in [5.74, 6) is 0.978. The number of aliphatic hydroxyl groups is 1. The van der Waals surface area contributed by atoms with Gasteiger partial charge in [-0.25, -0.2) is 0 Å². The highest BCUT2D eigenvalue weighted by atomic mass is 16.5. The fraction of sp³-hybridized carbons (Fsp3) is 0.364. The van der Waals surface area contributed by atoms with Crippen LogP contribution in [0.4, 0.5) is 0 Å². The zero-order valence-electron chi connectivity index (χ0n) is 9.08. The fourth-order valence-corrected chi connectivity index (χ4v) is 1.88. The Labute approximate surface area is 97.7 Å². The highest BCUT2D eigenvalue weighted by Crippen LogP contribution is 2.23. The molecule has 3 heterocycles. The van der Waals surface area contributed by atoms with Gasteiger partial charge in [0.15, 0.2) is 0 Å². The zero-order valence-corrected chi connectivity index (χ0v) is 9.08. The van der Waals surface area contributed by atoms with E-state index in [4.69, 9.17) is 4.52 Å². The summed E-state index contributed by atoms with van der Waals surface area (Å²) in [4.78, 5) is 8.43. The minimum Gasteiger partial charge on any atom is -0.392 e. The predicted octanol–water partition coefficient (Wildman–Crippen LogP) is 0.527. The number of hydrogen-bond donors (Lipinski definition) is 2. The van der Waals surface area contributed by atoms with E-state index in [0.717, 1.165) is 0 Å². The second kappa shape index (κ2) is 4.23. The second-order valence-corrected chi connectivity index (χ2v) is 4.02. The van der Waals surface area contributed by atoms with E-state index in [1.807, 2.05) is 18.2 Å². The topological polar surface area (TPSA) is 84.1 Å². The van der Waals surface area contributed by atoms with Crippen molar-refractivity contribution in [1.29, 1.82) is 0 Å². The zero-order chi connectivity index (χ0) is 11.7. The van der Waals surface area contributed by atoms with Crippen LogP contribution in [0.2, 0.25) is 0 Å². The third kappa shape index (κ3) is 2.04. The van der Waals surface area contributed by atoms with Gasteiger partial charge in [0.2, 0.25) is 11.7 Å². The first-order chi connectivity index (χ1) is 8.33. The van der Waals surface area contributed by atoms with Crippen LogP contribution < -0.4 is 5.32 Å². The lowest BCUT2D eigenvalue weighted by atomic mass is 10.2. The number of pyridine rings is 1. The predicted molar refractivity (Wildman–Crippen MR) is 58.9 cm³/mol. The Morgan fingerprint density at radius 1 is 1.41 bits per heavy atom. The lowest BCUT2D eigenvalue weighted by molar-refractivity contribution is 0.191. The maximum atomic E-state index is 9.42. The quantitative estimate of drug-likeness (QED) is 0.785. The number of β-amino-alcohol motifs (C(OH)–C–C–N with tert-alkyl or cyclic N) is 1. The first-order valence-electron chi connectivity index (χ1n) is 5.49. The maximum absolute atomic E-state index is 9.42. The van der Waals surface area contributed by atoms with Crippen molar-refractivity contribution >= 4 is 0 Å². The molecule has 1 aliphatic heterocycles. The van der Waals surface area contributed by atoms with Crippen LogP contribution in [-0.4, -0.2) is 32.9 Å². The first kappa shape index (κ1) is 10.4. The van der Waals surface area contributed by atoms with Gasteiger partial charge < -0.3 is 14.9 Å². The molecule has 0 bridgehead atoms. The van der Waals surface area contributed by atoms with Gasteiger partial charge in [0.05, 0.1) is 12.1 Å². The van der Waals surface area contributed by atoms with Crippen LogP contribution in [-0.2, 0) is 0 Å². The number of rotatable bonds is 2. The molecule has 2 atom stereocenters. The molecule has 0 saturated carbocycles. The standard InChI is InChI=1S/C11H12N4O2/c16-7-5-9(13-6-7)11-14-10(15-17-11)8-3-1-2-4-12-8/h1-4,7,9,13,16H,5-6H2/t7-,9-/m0/s1. The molecule has 0 unspecified atom stereocenters. The summed E-state index contributed by atoms with van der Waals surface area (Å²) in [6.07, 6.45) is 1.94. The van der Waals surface area contributed by atoms with E-state index in [0.29, 0.717) is 30.4 Å². The van der Waals surface area contributed by atoms with E-state index in [1.54, 1.807) is 6.20 Å². The largest absolute Gasteiger partial charge is 0.392 e. The monoisotopic (exact) mass is 232 g/mol. The Morgan fingerprint density at radius 3 is 3.06 bits per heavy atom. The molecule has 1 aliphatic rings. The van der Waals surface area contributed by atoms with Crippen LogP contribution in [0.3, 0.4) is 0 Å². The number of hydrogen-bond acceptors (Lipinski definition) is 6. The molecule has 1 saturated heterocycles. The summed E-state index contributed by atoms with van der Waals surface area (Å²) >= 11 is 0. The summed E-state index contributed by atoms with van der Waals surface area (Å²) in [7, 11) is 0. The van der Waals surface area contributed by atoms with Gasteiger partial charge in [-0.15, -0.1) is 0 Å². The average Bonchev–Trinajstić information content (AvgIpc) is 2.98. The molecule has 0 spiro atoms. The molecule has 0 aliphatic carbocycles. The van der Waals surface area contributed by atoms with Gasteiger partial charge in [-0.05, 0) is 18.6 Å². The second-order valence-electron chi connectivity index (χ2n) is 4.02. The molecule has 1 fully saturated rings. The van der Waals surface area contributed by atoms with Crippen molar-refractivity contribution in [3.05, 3.63) is 30.3 Å². The smallest absolute Gasteiger partial charge is 0.244 e. The Bertz CT molecular complexity index is 499. The summed E-state index contributed by atoms with van der Waals surface area (Å²) in [5, 5.41) is 16.4. The molecular weight excluding hydrogens is 220 g/mol. The minimum atomic E-state index is -0.342. The minimum absolute atomic E-state index is 0.0602. The van der Waals surface area contributed by atoms with Gasteiger partial charge in [0.1, 0.15) is 5.69 Å². The van der Waals surface area contributed by atoms with Crippen LogP contribution in [0.1, 0.15) is 18.4 Å². The molecule has 6 nitrogen and oxygen atoms in total. The van der Waals surface area contributed by atoms with Crippen molar-refractivity contribution < 1.29 is 9.63 Å². The van der Waals surface area contributed by atoms with Gasteiger partial charge >= 0.3 is 0 Å². The van der Waals surface area contributed by atoms with Crippen molar-refractivity contribution in [2.45, 2.75) is 18.6 Å². The van der Waals surface area contributed by atoms with E-state index < -0.39 is 0 Å². The molecule has 17 heavy (non-hydrogen) atoms. The van der Waals surface area contributed by atoms with Gasteiger partial charge in [0, 0.05) is 12.7 Å². The SMILES string of the molecule is O[C@@H]1CN[C@H](c2nc(-c3ccccn3)no2)C1. The molecule has 6 heteroatoms. The van der Waals surface area contributed by atoms with Crippen LogP contribution in [0, 0.1) is 0 Å². The molecule has 0 aromatic carbocycles. The molecule has 2 aromatic heterocycles. The van der Waals surface area contributed by atoms with Crippen molar-refractivity contribution in [2.24, 2.45) is 0 Å². The van der Waals surface area contributed by atoms with E-state index in [9.17, 15) is 5.11 Å². The molecule has 3 rings (SSSR count). The third-order valence-corrected chi connectivity index (χ3v) is 2.74. The van der Waals surface area contributed by atoms with Crippen molar-refractivity contribution in [2.75, 3.05) is 6.54 Å². The number of nitrogens with zero attached hydrogens (tertiary/aromatic N) is 3. The lowest BCUT2D eigenvalue weighted by Gasteiger charge is -2.01. The van der Waals surface area contributed by atoms with Gasteiger partial charge in [-0.1, -0.05) is 11.2 Å². The molecule has 2 N–H and O–H groups in total. The van der Waals surface area contributed by atoms with E-state index in [-0.39, 0.29) is 12.1 Å². The highest BCUT2D eigenvalue weighted by molar-refractivity contribution is 5.47. The third-order valence-electron chi connectivity index (χ3n) is 2.74. The lowest BCUT2D eigenvalue weighted by Crippen LogP contribution is -2.15. The highest BCUT2D eigenvalue weighted by Gasteiger charge is 2.28. The summed E-state index contributed by atoms with van der Waals surface area (Å²) in [6, 6.07) is 5.47. The molecule has 0 radical (unpaired) electrons. The van der Waals surface area contributed by atoms with Crippen LogP contribution in [0.5, 0.6) is 0 Å². The van der Waals surface area contributed by atoms with Crippen LogP contribution in [0.25, 0.3) is 11.5 Å². The van der Waals surface area contributed by atoms with E-state index in [1.165, 1.54) is 0 Å². The summed E-state index contributed by atoms with van der Waals surface area (Å²) < 4.78 is 5.18. The van der Waals surface area contributed by atoms with E-state index in [2.05, 4.69) is 20.4 Å². The van der Waals surface area contributed by atoms with E-state index >= 15 is 0 Å². The molecular formula is C11H12N4O2. The maximum Gasteiger partial charge on any atom is 0.244 e. The normalized spacial score (nSPS) is 24.1. The average molecular weight is 232 g/mol. The van der Waals surface area contributed by atoms with Gasteiger partial charge in [0.25, 0.3) is 0 Å². The van der Waals surface area contributed by atoms with Crippen LogP contribution >= 0.6 is 0 Å². The van der Waals surface area contributed by atoms with Crippen molar-refractivity contribution in [1.82, 2.24) is 20.4 Å². The van der Waals surface area contributed by atoms with Gasteiger partial charge in [-0.2, -0.15) is 4.98 Å². The van der Waals surface area contributed by atoms with Crippen molar-refractivity contribution in [3.63, 3.8) is 0 Å². The first-order valence-corrected chi connectivity index (χ1v) is 5.49. The number of aliphatic hydroxyl groups excluding tert-OH is 1.